The van der Waals surface area contributed by atoms with E-state index in [1.54, 1.807) is 56.3 Å². The van der Waals surface area contributed by atoms with Gasteiger partial charge in [0, 0.05) is 0 Å². The summed E-state index contributed by atoms with van der Waals surface area (Å²) in [6.45, 7) is 5.14. The largest absolute Gasteiger partial charge is 0.464 e. The molecule has 0 aromatic heterocycles. The summed E-state index contributed by atoms with van der Waals surface area (Å²) in [6.07, 6.45) is 0. The molecule has 27 heavy (non-hydrogen) atoms. The molecular weight excluding hydrogens is 366 g/mol. The minimum Gasteiger partial charge on any atom is -0.464 e. The second kappa shape index (κ2) is 6.81. The number of carbonyl (C=O) groups is 2. The molecule has 142 valence electrons. The van der Waals surface area contributed by atoms with Crippen LogP contribution in [0.25, 0.3) is 0 Å². The summed E-state index contributed by atoms with van der Waals surface area (Å²) < 4.78 is 31.9. The van der Waals surface area contributed by atoms with E-state index >= 15 is 0 Å². The summed E-state index contributed by atoms with van der Waals surface area (Å²) in [5.41, 5.74) is 0.161. The molecule has 1 amide bonds. The number of sulfonamides is 1. The number of esters is 1. The zero-order valence-corrected chi connectivity index (χ0v) is 16.2. The number of hydrogen-bond donors (Lipinski definition) is 0. The van der Waals surface area contributed by atoms with E-state index in [1.807, 2.05) is 6.92 Å². The molecule has 2 aromatic carbocycles. The SMILES string of the molecule is CCOC(=O)[C@@H]1N(S(=O)(=O)c2ccc(C)cc2)C(=O)[C@@]1(C)c1ccccc1. The van der Waals surface area contributed by atoms with Crippen molar-refractivity contribution in [1.29, 1.82) is 0 Å². The van der Waals surface area contributed by atoms with Crippen molar-refractivity contribution in [3.05, 3.63) is 65.7 Å². The number of hydrogen-bond acceptors (Lipinski definition) is 5. The number of ether oxygens (including phenoxy) is 1. The smallest absolute Gasteiger partial charge is 0.331 e. The molecule has 1 aliphatic rings. The highest BCUT2D eigenvalue weighted by Gasteiger charge is 2.66. The van der Waals surface area contributed by atoms with E-state index in [0.29, 0.717) is 9.87 Å². The van der Waals surface area contributed by atoms with Crippen LogP contribution in [0.4, 0.5) is 0 Å². The van der Waals surface area contributed by atoms with Crippen molar-refractivity contribution >= 4 is 21.9 Å². The summed E-state index contributed by atoms with van der Waals surface area (Å²) in [5.74, 6) is -1.38. The van der Waals surface area contributed by atoms with Crippen molar-refractivity contribution in [3.8, 4) is 0 Å². The highest BCUT2D eigenvalue weighted by atomic mass is 32.2. The van der Waals surface area contributed by atoms with E-state index < -0.39 is 33.4 Å². The molecule has 1 fully saturated rings. The fourth-order valence-electron chi connectivity index (χ4n) is 3.32. The van der Waals surface area contributed by atoms with Crippen molar-refractivity contribution in [1.82, 2.24) is 4.31 Å². The van der Waals surface area contributed by atoms with Gasteiger partial charge in [-0.3, -0.25) is 4.79 Å². The minimum absolute atomic E-state index is 0.0362. The monoisotopic (exact) mass is 387 g/mol. The lowest BCUT2D eigenvalue weighted by molar-refractivity contribution is -0.168. The second-order valence-corrected chi connectivity index (χ2v) is 8.46. The van der Waals surface area contributed by atoms with Gasteiger partial charge in [0.2, 0.25) is 5.91 Å². The topological polar surface area (TPSA) is 80.8 Å². The molecule has 1 saturated heterocycles. The number of β-lactam (4-membered cyclic amide) rings is 1. The Hall–Kier alpha value is -2.67. The Labute approximate surface area is 158 Å². The Morgan fingerprint density at radius 1 is 1.11 bits per heavy atom. The fourth-order valence-corrected chi connectivity index (χ4v) is 5.01. The number of carbonyl (C=O) groups excluding carboxylic acids is 2. The second-order valence-electron chi connectivity index (χ2n) is 6.64. The quantitative estimate of drug-likeness (QED) is 0.581. The molecule has 2 atom stereocenters. The summed E-state index contributed by atoms with van der Waals surface area (Å²) >= 11 is 0. The molecule has 0 unspecified atom stereocenters. The van der Waals surface area contributed by atoms with Crippen LogP contribution < -0.4 is 0 Å². The molecule has 6 nitrogen and oxygen atoms in total. The van der Waals surface area contributed by atoms with Crippen LogP contribution in [0.1, 0.15) is 25.0 Å². The molecule has 1 heterocycles. The number of amides is 1. The molecule has 0 N–H and O–H groups in total. The molecule has 0 bridgehead atoms. The first kappa shape index (κ1) is 19.1. The Morgan fingerprint density at radius 3 is 2.26 bits per heavy atom. The van der Waals surface area contributed by atoms with Gasteiger partial charge in [-0.25, -0.2) is 17.5 Å². The summed E-state index contributed by atoms with van der Waals surface area (Å²) in [7, 11) is -4.18. The van der Waals surface area contributed by atoms with Gasteiger partial charge in [-0.2, -0.15) is 0 Å². The van der Waals surface area contributed by atoms with E-state index in [2.05, 4.69) is 0 Å². The predicted molar refractivity (Wildman–Crippen MR) is 99.4 cm³/mol. The van der Waals surface area contributed by atoms with Gasteiger partial charge in [0.05, 0.1) is 11.5 Å². The van der Waals surface area contributed by atoms with Crippen molar-refractivity contribution in [2.75, 3.05) is 6.61 Å². The first-order valence-corrected chi connectivity index (χ1v) is 10.1. The predicted octanol–water partition coefficient (Wildman–Crippen LogP) is 2.42. The minimum atomic E-state index is -4.18. The van der Waals surface area contributed by atoms with Gasteiger partial charge in [-0.1, -0.05) is 48.0 Å². The highest BCUT2D eigenvalue weighted by molar-refractivity contribution is 7.89. The Morgan fingerprint density at radius 2 is 1.70 bits per heavy atom. The zero-order valence-electron chi connectivity index (χ0n) is 15.4. The van der Waals surface area contributed by atoms with Gasteiger partial charge in [-0.15, -0.1) is 0 Å². The van der Waals surface area contributed by atoms with Gasteiger partial charge in [-0.05, 0) is 38.5 Å². The van der Waals surface area contributed by atoms with Crippen molar-refractivity contribution in [2.45, 2.75) is 37.1 Å². The lowest BCUT2D eigenvalue weighted by atomic mass is 9.69. The van der Waals surface area contributed by atoms with Crippen LogP contribution in [-0.2, 0) is 29.8 Å². The fraction of sp³-hybridized carbons (Fsp3) is 0.300. The highest BCUT2D eigenvalue weighted by Crippen LogP contribution is 2.45. The van der Waals surface area contributed by atoms with Crippen LogP contribution in [0.3, 0.4) is 0 Å². The van der Waals surface area contributed by atoms with Crippen LogP contribution in [-0.4, -0.2) is 37.2 Å². The van der Waals surface area contributed by atoms with Crippen LogP contribution in [0, 0.1) is 6.92 Å². The third-order valence-corrected chi connectivity index (χ3v) is 6.65. The number of aryl methyl sites for hydroxylation is 1. The summed E-state index contributed by atoms with van der Waals surface area (Å²) in [5, 5.41) is 0. The molecule has 3 rings (SSSR count). The van der Waals surface area contributed by atoms with Gasteiger partial charge in [0.15, 0.2) is 6.04 Å². The molecule has 0 aliphatic carbocycles. The van der Waals surface area contributed by atoms with Gasteiger partial charge in [0.25, 0.3) is 10.0 Å². The zero-order chi connectivity index (χ0) is 19.8. The maximum Gasteiger partial charge on any atom is 0.331 e. The third-order valence-electron chi connectivity index (χ3n) is 4.89. The average Bonchev–Trinajstić information content (AvgIpc) is 2.65. The maximum atomic E-state index is 13.1. The molecule has 1 aliphatic heterocycles. The van der Waals surface area contributed by atoms with Crippen molar-refractivity contribution in [3.63, 3.8) is 0 Å². The Kier molecular flexibility index (Phi) is 4.82. The maximum absolute atomic E-state index is 13.1. The first-order valence-electron chi connectivity index (χ1n) is 8.62. The number of benzene rings is 2. The van der Waals surface area contributed by atoms with Crippen LogP contribution in [0.2, 0.25) is 0 Å². The lowest BCUT2D eigenvalue weighted by Crippen LogP contribution is -2.74. The van der Waals surface area contributed by atoms with Crippen LogP contribution >= 0.6 is 0 Å². The van der Waals surface area contributed by atoms with Gasteiger partial charge in [0.1, 0.15) is 5.41 Å². The molecular formula is C20H21NO5S. The summed E-state index contributed by atoms with van der Waals surface area (Å²) in [4.78, 5) is 25.6. The van der Waals surface area contributed by atoms with E-state index in [1.165, 1.54) is 12.1 Å². The first-order chi connectivity index (χ1) is 12.7. The van der Waals surface area contributed by atoms with Crippen molar-refractivity contribution < 1.29 is 22.7 Å². The normalized spacial score (nSPS) is 22.3. The third kappa shape index (κ3) is 2.92. The lowest BCUT2D eigenvalue weighted by Gasteiger charge is -2.51. The molecule has 0 radical (unpaired) electrons. The molecule has 2 aromatic rings. The van der Waals surface area contributed by atoms with Crippen LogP contribution in [0.5, 0.6) is 0 Å². The van der Waals surface area contributed by atoms with Crippen LogP contribution in [0.15, 0.2) is 59.5 Å². The summed E-state index contributed by atoms with van der Waals surface area (Å²) in [6, 6.07) is 13.6. The molecule has 7 heteroatoms. The van der Waals surface area contributed by atoms with Gasteiger partial charge < -0.3 is 4.74 Å². The molecule has 0 saturated carbocycles. The van der Waals surface area contributed by atoms with E-state index in [9.17, 15) is 18.0 Å². The van der Waals surface area contributed by atoms with Crippen molar-refractivity contribution in [2.24, 2.45) is 0 Å². The standard InChI is InChI=1S/C20H21NO5S/c1-4-26-18(22)17-20(3,15-8-6-5-7-9-15)19(23)21(17)27(24,25)16-12-10-14(2)11-13-16/h5-13,17H,4H2,1-3H3/t17-,20-/m0/s1. The average molecular weight is 387 g/mol. The van der Waals surface area contributed by atoms with E-state index in [0.717, 1.165) is 5.56 Å². The van der Waals surface area contributed by atoms with Gasteiger partial charge >= 0.3 is 5.97 Å². The Bertz CT molecular complexity index is 969. The van der Waals surface area contributed by atoms with E-state index in [4.69, 9.17) is 4.74 Å². The number of rotatable bonds is 5. The number of nitrogens with zero attached hydrogens (tertiary/aromatic N) is 1. The Balaban J connectivity index is 2.09. The van der Waals surface area contributed by atoms with E-state index in [-0.39, 0.29) is 11.5 Å². The molecule has 0 spiro atoms.